The third kappa shape index (κ3) is 2.58. The van der Waals surface area contributed by atoms with Gasteiger partial charge in [-0.05, 0) is 24.7 Å². The molecule has 22 heavy (non-hydrogen) atoms. The van der Waals surface area contributed by atoms with Crippen LogP contribution in [0.3, 0.4) is 0 Å². The van der Waals surface area contributed by atoms with Gasteiger partial charge < -0.3 is 14.4 Å². The molecule has 0 bridgehead atoms. The van der Waals surface area contributed by atoms with Gasteiger partial charge in [0.15, 0.2) is 5.79 Å². The van der Waals surface area contributed by atoms with Crippen LogP contribution in [0, 0.1) is 23.2 Å². The summed E-state index contributed by atoms with van der Waals surface area (Å²) in [5.41, 5.74) is 0.113. The highest BCUT2D eigenvalue weighted by atomic mass is 16.7. The maximum atomic E-state index is 12.7. The number of hydrogen-bond donors (Lipinski definition) is 0. The van der Waals surface area contributed by atoms with Crippen molar-refractivity contribution in [3.63, 3.8) is 0 Å². The molecular formula is C18H29NO3. The Kier molecular flexibility index (Phi) is 3.53. The molecule has 0 aromatic heterocycles. The topological polar surface area (TPSA) is 38.8 Å². The molecule has 0 radical (unpaired) electrons. The Hall–Kier alpha value is -0.610. The van der Waals surface area contributed by atoms with Crippen LogP contribution in [0.15, 0.2) is 0 Å². The van der Waals surface area contributed by atoms with Gasteiger partial charge in [-0.3, -0.25) is 4.79 Å². The average Bonchev–Trinajstić information content (AvgIpc) is 3.25. The zero-order chi connectivity index (χ0) is 15.4. The van der Waals surface area contributed by atoms with Gasteiger partial charge in [0.2, 0.25) is 5.91 Å². The Labute approximate surface area is 133 Å². The second-order valence-corrected chi connectivity index (χ2v) is 8.62. The lowest BCUT2D eigenvalue weighted by molar-refractivity contribution is -0.312. The average molecular weight is 307 g/mol. The van der Waals surface area contributed by atoms with Crippen molar-refractivity contribution in [1.82, 2.24) is 4.90 Å². The van der Waals surface area contributed by atoms with E-state index in [1.165, 1.54) is 25.7 Å². The van der Waals surface area contributed by atoms with Crippen molar-refractivity contribution in [1.29, 1.82) is 0 Å². The van der Waals surface area contributed by atoms with Crippen LogP contribution in [0.2, 0.25) is 0 Å². The van der Waals surface area contributed by atoms with E-state index >= 15 is 0 Å². The van der Waals surface area contributed by atoms with E-state index in [1.807, 2.05) is 0 Å². The van der Waals surface area contributed by atoms with Gasteiger partial charge in [0.25, 0.3) is 0 Å². The molecule has 2 heterocycles. The number of rotatable bonds is 1. The highest BCUT2D eigenvalue weighted by Crippen LogP contribution is 2.56. The molecule has 4 fully saturated rings. The second kappa shape index (κ2) is 5.20. The van der Waals surface area contributed by atoms with Crippen molar-refractivity contribution in [3.05, 3.63) is 0 Å². The summed E-state index contributed by atoms with van der Waals surface area (Å²) >= 11 is 0. The van der Waals surface area contributed by atoms with Gasteiger partial charge in [0.05, 0.1) is 13.2 Å². The van der Waals surface area contributed by atoms with E-state index in [0.29, 0.717) is 23.7 Å². The number of piperidine rings is 1. The second-order valence-electron chi connectivity index (χ2n) is 8.62. The first-order valence-electron chi connectivity index (χ1n) is 9.07. The van der Waals surface area contributed by atoms with Gasteiger partial charge in [-0.15, -0.1) is 0 Å². The molecule has 4 aliphatic rings. The lowest BCUT2D eigenvalue weighted by Gasteiger charge is -2.47. The number of hydrogen-bond acceptors (Lipinski definition) is 3. The molecule has 2 saturated heterocycles. The summed E-state index contributed by atoms with van der Waals surface area (Å²) in [4.78, 5) is 14.8. The molecule has 1 spiro atoms. The highest BCUT2D eigenvalue weighted by molar-refractivity contribution is 5.82. The van der Waals surface area contributed by atoms with Crippen molar-refractivity contribution >= 4 is 5.91 Å². The number of amides is 1. The fraction of sp³-hybridized carbons (Fsp3) is 0.944. The molecule has 124 valence electrons. The zero-order valence-electron chi connectivity index (χ0n) is 14.0. The molecule has 4 nitrogen and oxygen atoms in total. The van der Waals surface area contributed by atoms with Crippen LogP contribution in [-0.2, 0) is 14.3 Å². The molecule has 2 aliphatic heterocycles. The van der Waals surface area contributed by atoms with Crippen molar-refractivity contribution in [2.24, 2.45) is 23.2 Å². The minimum Gasteiger partial charge on any atom is -0.349 e. The van der Waals surface area contributed by atoms with Crippen LogP contribution in [0.5, 0.6) is 0 Å². The molecular weight excluding hydrogens is 278 g/mol. The minimum atomic E-state index is -0.414. The predicted molar refractivity (Wildman–Crippen MR) is 83.2 cm³/mol. The summed E-state index contributed by atoms with van der Waals surface area (Å²) in [5.74, 6) is 1.77. The van der Waals surface area contributed by atoms with E-state index in [9.17, 15) is 4.79 Å². The van der Waals surface area contributed by atoms with Gasteiger partial charge in [-0.2, -0.15) is 0 Å². The first kappa shape index (κ1) is 14.9. The summed E-state index contributed by atoms with van der Waals surface area (Å²) in [6.45, 7) is 7.46. The molecule has 2 aliphatic carbocycles. The first-order chi connectivity index (χ1) is 10.5. The summed E-state index contributed by atoms with van der Waals surface area (Å²) in [6.07, 6.45) is 6.87. The Balaban J connectivity index is 1.32. The van der Waals surface area contributed by atoms with E-state index in [0.717, 1.165) is 39.1 Å². The smallest absolute Gasteiger partial charge is 0.226 e. The third-order valence-electron chi connectivity index (χ3n) is 6.23. The number of fused-ring (bicyclic) bond motifs is 1. The molecule has 2 saturated carbocycles. The monoisotopic (exact) mass is 307 g/mol. The van der Waals surface area contributed by atoms with Crippen molar-refractivity contribution in [2.75, 3.05) is 26.3 Å². The van der Waals surface area contributed by atoms with Crippen LogP contribution in [-0.4, -0.2) is 42.9 Å². The number of carbonyl (C=O) groups is 1. The van der Waals surface area contributed by atoms with Crippen LogP contribution >= 0.6 is 0 Å². The lowest BCUT2D eigenvalue weighted by atomic mass is 9.92. The highest BCUT2D eigenvalue weighted by Gasteiger charge is 2.56. The normalized spacial score (nSPS) is 39.4. The lowest BCUT2D eigenvalue weighted by Crippen LogP contribution is -2.54. The van der Waals surface area contributed by atoms with Gasteiger partial charge in [0.1, 0.15) is 0 Å². The largest absolute Gasteiger partial charge is 0.349 e. The van der Waals surface area contributed by atoms with Gasteiger partial charge in [0, 0.05) is 37.3 Å². The quantitative estimate of drug-likeness (QED) is 0.748. The number of carbonyl (C=O) groups excluding carboxylic acids is 1. The molecule has 3 atom stereocenters. The predicted octanol–water partition coefficient (Wildman–Crippen LogP) is 2.81. The van der Waals surface area contributed by atoms with E-state index in [2.05, 4.69) is 18.7 Å². The zero-order valence-corrected chi connectivity index (χ0v) is 14.0. The molecule has 0 aromatic carbocycles. The van der Waals surface area contributed by atoms with Crippen molar-refractivity contribution in [3.8, 4) is 0 Å². The SMILES string of the molecule is CC1(C)COC2(CCN(C(=O)C3[C@H]4CCCC[C@@H]34)CC2)OC1. The van der Waals surface area contributed by atoms with Crippen LogP contribution < -0.4 is 0 Å². The molecule has 1 amide bonds. The Morgan fingerprint density at radius 2 is 1.55 bits per heavy atom. The van der Waals surface area contributed by atoms with Crippen molar-refractivity contribution < 1.29 is 14.3 Å². The van der Waals surface area contributed by atoms with E-state index in [1.54, 1.807) is 0 Å². The number of ether oxygens (including phenoxy) is 2. The summed E-state index contributed by atoms with van der Waals surface area (Å²) in [7, 11) is 0. The molecule has 4 heteroatoms. The summed E-state index contributed by atoms with van der Waals surface area (Å²) in [5, 5.41) is 0. The minimum absolute atomic E-state index is 0.113. The number of likely N-dealkylation sites (tertiary alicyclic amines) is 1. The van der Waals surface area contributed by atoms with Crippen LogP contribution in [0.1, 0.15) is 52.4 Å². The van der Waals surface area contributed by atoms with E-state index in [-0.39, 0.29) is 5.41 Å². The van der Waals surface area contributed by atoms with Crippen LogP contribution in [0.25, 0.3) is 0 Å². The molecule has 0 aromatic rings. The Bertz CT molecular complexity index is 429. The first-order valence-corrected chi connectivity index (χ1v) is 9.07. The van der Waals surface area contributed by atoms with Gasteiger partial charge in [-0.1, -0.05) is 26.7 Å². The Morgan fingerprint density at radius 3 is 2.09 bits per heavy atom. The Morgan fingerprint density at radius 1 is 1.00 bits per heavy atom. The maximum Gasteiger partial charge on any atom is 0.226 e. The van der Waals surface area contributed by atoms with E-state index < -0.39 is 5.79 Å². The fourth-order valence-corrected chi connectivity index (χ4v) is 4.66. The maximum absolute atomic E-state index is 12.7. The molecule has 0 N–H and O–H groups in total. The van der Waals surface area contributed by atoms with Gasteiger partial charge >= 0.3 is 0 Å². The van der Waals surface area contributed by atoms with Gasteiger partial charge in [-0.25, -0.2) is 0 Å². The number of nitrogens with zero attached hydrogens (tertiary/aromatic N) is 1. The third-order valence-corrected chi connectivity index (χ3v) is 6.23. The van der Waals surface area contributed by atoms with Crippen LogP contribution in [0.4, 0.5) is 0 Å². The fourth-order valence-electron chi connectivity index (χ4n) is 4.66. The molecule has 4 rings (SSSR count). The van der Waals surface area contributed by atoms with E-state index in [4.69, 9.17) is 9.47 Å². The standard InChI is InChI=1S/C18H29NO3/c1-17(2)11-21-18(22-12-17)7-9-19(10-8-18)16(20)15-13-5-3-4-6-14(13)15/h13-15H,3-12H2,1-2H3/t13-,14+,15?. The summed E-state index contributed by atoms with van der Waals surface area (Å²) in [6, 6.07) is 0. The molecule has 1 unspecified atom stereocenters. The van der Waals surface area contributed by atoms with Crippen molar-refractivity contribution in [2.45, 2.75) is 58.2 Å². The summed E-state index contributed by atoms with van der Waals surface area (Å²) < 4.78 is 12.1.